The van der Waals surface area contributed by atoms with Gasteiger partial charge in [0.1, 0.15) is 0 Å². The molecule has 0 radical (unpaired) electrons. The highest BCUT2D eigenvalue weighted by Crippen LogP contribution is 2.16. The molecule has 2 aromatic carbocycles. The van der Waals surface area contributed by atoms with Crippen molar-refractivity contribution in [3.63, 3.8) is 0 Å². The zero-order valence-electron chi connectivity index (χ0n) is 16.0. The molecule has 1 saturated heterocycles. The summed E-state index contributed by atoms with van der Waals surface area (Å²) in [4.78, 5) is 17.1. The van der Waals surface area contributed by atoms with Crippen LogP contribution in [0.1, 0.15) is 17.5 Å². The van der Waals surface area contributed by atoms with Crippen LogP contribution in [0.2, 0.25) is 0 Å². The highest BCUT2D eigenvalue weighted by atomic mass is 16.2. The molecule has 1 aliphatic rings. The maximum absolute atomic E-state index is 12.6. The molecule has 3 aromatic rings. The van der Waals surface area contributed by atoms with Gasteiger partial charge in [-0.2, -0.15) is 0 Å². The average molecular weight is 361 g/mol. The van der Waals surface area contributed by atoms with E-state index in [1.807, 2.05) is 17.0 Å². The van der Waals surface area contributed by atoms with Crippen molar-refractivity contribution < 1.29 is 4.79 Å². The van der Waals surface area contributed by atoms with Crippen LogP contribution in [0, 0.1) is 6.92 Å². The minimum absolute atomic E-state index is 0.267. The molecule has 1 amide bonds. The van der Waals surface area contributed by atoms with Crippen molar-refractivity contribution in [1.82, 2.24) is 14.4 Å². The van der Waals surface area contributed by atoms with Crippen LogP contribution in [0.25, 0.3) is 10.9 Å². The Hall–Kier alpha value is -2.59. The van der Waals surface area contributed by atoms with Crippen LogP contribution >= 0.6 is 0 Å². The molecular formula is C23H27N3O. The van der Waals surface area contributed by atoms with Crippen LogP contribution in [0.3, 0.4) is 0 Å². The summed E-state index contributed by atoms with van der Waals surface area (Å²) in [7, 11) is 0. The van der Waals surface area contributed by atoms with Crippen molar-refractivity contribution in [2.24, 2.45) is 0 Å². The Bertz CT molecular complexity index is 922. The molecule has 0 N–H and O–H groups in total. The highest BCUT2D eigenvalue weighted by Gasteiger charge is 2.21. The smallest absolute Gasteiger partial charge is 0.224 e. The van der Waals surface area contributed by atoms with E-state index in [4.69, 9.17) is 0 Å². The van der Waals surface area contributed by atoms with E-state index in [-0.39, 0.29) is 5.91 Å². The van der Waals surface area contributed by atoms with Gasteiger partial charge in [-0.3, -0.25) is 9.69 Å². The number of aromatic nitrogens is 1. The first-order valence-electron chi connectivity index (χ1n) is 9.79. The lowest BCUT2D eigenvalue weighted by Gasteiger charge is -2.35. The molecule has 1 fully saturated rings. The molecular weight excluding hydrogens is 334 g/mol. The maximum Gasteiger partial charge on any atom is 0.224 e. The average Bonchev–Trinajstić information content (AvgIpc) is 3.12. The molecule has 4 heteroatoms. The summed E-state index contributed by atoms with van der Waals surface area (Å²) >= 11 is 0. The molecule has 0 spiro atoms. The first-order valence-corrected chi connectivity index (χ1v) is 9.79. The van der Waals surface area contributed by atoms with Gasteiger partial charge in [0.05, 0.1) is 0 Å². The number of nitrogens with zero attached hydrogens (tertiary/aromatic N) is 3. The second-order valence-electron chi connectivity index (χ2n) is 7.40. The Balaban J connectivity index is 1.28. The molecule has 140 valence electrons. The number of hydrogen-bond acceptors (Lipinski definition) is 2. The van der Waals surface area contributed by atoms with Crippen LogP contribution in [0.15, 0.2) is 60.8 Å². The van der Waals surface area contributed by atoms with E-state index in [0.29, 0.717) is 6.42 Å². The van der Waals surface area contributed by atoms with Crippen molar-refractivity contribution in [3.05, 3.63) is 71.9 Å². The second kappa shape index (κ2) is 7.97. The summed E-state index contributed by atoms with van der Waals surface area (Å²) in [5.74, 6) is 0.267. The van der Waals surface area contributed by atoms with Gasteiger partial charge in [-0.05, 0) is 35.6 Å². The molecule has 4 nitrogen and oxygen atoms in total. The van der Waals surface area contributed by atoms with Gasteiger partial charge in [-0.15, -0.1) is 0 Å². The van der Waals surface area contributed by atoms with Crippen molar-refractivity contribution in [3.8, 4) is 0 Å². The van der Waals surface area contributed by atoms with Gasteiger partial charge in [-0.25, -0.2) is 0 Å². The summed E-state index contributed by atoms with van der Waals surface area (Å²) in [6, 6.07) is 19.0. The lowest BCUT2D eigenvalue weighted by molar-refractivity contribution is -0.133. The van der Waals surface area contributed by atoms with E-state index in [1.165, 1.54) is 22.0 Å². The maximum atomic E-state index is 12.6. The fourth-order valence-corrected chi connectivity index (χ4v) is 3.89. The van der Waals surface area contributed by atoms with Gasteiger partial charge < -0.3 is 9.47 Å². The molecule has 0 aliphatic carbocycles. The predicted molar refractivity (Wildman–Crippen MR) is 110 cm³/mol. The Kier molecular flexibility index (Phi) is 5.26. The number of carbonyl (C=O) groups excluding carboxylic acids is 1. The van der Waals surface area contributed by atoms with Gasteiger partial charge in [0.2, 0.25) is 5.91 Å². The predicted octanol–water partition coefficient (Wildman–Crippen LogP) is 3.68. The van der Waals surface area contributed by atoms with Gasteiger partial charge in [-0.1, -0.05) is 42.5 Å². The van der Waals surface area contributed by atoms with Crippen molar-refractivity contribution in [2.75, 3.05) is 26.2 Å². The molecule has 0 unspecified atom stereocenters. The summed E-state index contributed by atoms with van der Waals surface area (Å²) < 4.78 is 2.18. The molecule has 1 aromatic heterocycles. The van der Waals surface area contributed by atoms with E-state index < -0.39 is 0 Å². The number of carbonyl (C=O) groups is 1. The number of amides is 1. The first kappa shape index (κ1) is 17.8. The number of rotatable bonds is 5. The van der Waals surface area contributed by atoms with Crippen LogP contribution in [-0.4, -0.2) is 46.5 Å². The van der Waals surface area contributed by atoms with Gasteiger partial charge in [0.15, 0.2) is 0 Å². The third-order valence-electron chi connectivity index (χ3n) is 5.63. The topological polar surface area (TPSA) is 28.5 Å². The Morgan fingerprint density at radius 1 is 0.926 bits per heavy atom. The minimum atomic E-state index is 0.267. The lowest BCUT2D eigenvalue weighted by atomic mass is 10.1. The molecule has 0 saturated carbocycles. The third-order valence-corrected chi connectivity index (χ3v) is 5.63. The van der Waals surface area contributed by atoms with Gasteiger partial charge >= 0.3 is 0 Å². The quantitative estimate of drug-likeness (QED) is 0.693. The molecule has 4 rings (SSSR count). The summed E-state index contributed by atoms with van der Waals surface area (Å²) in [5, 5.41) is 1.23. The normalized spacial score (nSPS) is 15.4. The van der Waals surface area contributed by atoms with E-state index in [0.717, 1.165) is 39.3 Å². The van der Waals surface area contributed by atoms with Crippen molar-refractivity contribution in [2.45, 2.75) is 26.4 Å². The number of aryl methyl sites for hydroxylation is 2. The minimum Gasteiger partial charge on any atom is -0.347 e. The summed E-state index contributed by atoms with van der Waals surface area (Å²) in [6.07, 6.45) is 2.65. The molecule has 27 heavy (non-hydrogen) atoms. The standard InChI is InChI=1S/C23H27N3O/c1-19-6-2-3-8-21(19)18-24-14-16-26(17-15-24)23(27)11-13-25-12-10-20-7-4-5-9-22(20)25/h2-10,12H,11,13-18H2,1H3. The van der Waals surface area contributed by atoms with Crippen LogP contribution in [-0.2, 0) is 17.9 Å². The molecule has 1 aliphatic heterocycles. The Morgan fingerprint density at radius 2 is 1.67 bits per heavy atom. The number of benzene rings is 2. The molecule has 2 heterocycles. The SMILES string of the molecule is Cc1ccccc1CN1CCN(C(=O)CCn2ccc3ccccc32)CC1. The summed E-state index contributed by atoms with van der Waals surface area (Å²) in [6.45, 7) is 7.45. The monoisotopic (exact) mass is 361 g/mol. The fourth-order valence-electron chi connectivity index (χ4n) is 3.89. The number of fused-ring (bicyclic) bond motifs is 1. The van der Waals surface area contributed by atoms with Gasteiger partial charge in [0, 0.05) is 57.4 Å². The fraction of sp³-hybridized carbons (Fsp3) is 0.348. The largest absolute Gasteiger partial charge is 0.347 e. The number of piperazine rings is 1. The number of hydrogen-bond donors (Lipinski definition) is 0. The van der Waals surface area contributed by atoms with Crippen LogP contribution in [0.5, 0.6) is 0 Å². The Labute approximate surface area is 161 Å². The van der Waals surface area contributed by atoms with Crippen molar-refractivity contribution >= 4 is 16.8 Å². The lowest BCUT2D eigenvalue weighted by Crippen LogP contribution is -2.48. The first-order chi connectivity index (χ1) is 13.2. The Morgan fingerprint density at radius 3 is 2.48 bits per heavy atom. The third kappa shape index (κ3) is 4.06. The number of para-hydroxylation sites is 1. The van der Waals surface area contributed by atoms with Gasteiger partial charge in [0.25, 0.3) is 0 Å². The summed E-state index contributed by atoms with van der Waals surface area (Å²) in [5.41, 5.74) is 3.93. The van der Waals surface area contributed by atoms with Crippen LogP contribution in [0.4, 0.5) is 0 Å². The molecule has 0 bridgehead atoms. The van der Waals surface area contributed by atoms with Crippen LogP contribution < -0.4 is 0 Å². The second-order valence-corrected chi connectivity index (χ2v) is 7.40. The molecule has 0 atom stereocenters. The zero-order valence-corrected chi connectivity index (χ0v) is 16.0. The highest BCUT2D eigenvalue weighted by molar-refractivity contribution is 5.80. The van der Waals surface area contributed by atoms with E-state index in [2.05, 4.69) is 65.1 Å². The van der Waals surface area contributed by atoms with E-state index in [1.54, 1.807) is 0 Å². The zero-order chi connectivity index (χ0) is 18.6. The van der Waals surface area contributed by atoms with Crippen molar-refractivity contribution in [1.29, 1.82) is 0 Å². The van der Waals surface area contributed by atoms with E-state index >= 15 is 0 Å². The van der Waals surface area contributed by atoms with E-state index in [9.17, 15) is 4.79 Å².